The molecule has 0 unspecified atom stereocenters. The minimum Gasteiger partial charge on any atom is -0.508 e. The van der Waals surface area contributed by atoms with Crippen molar-refractivity contribution in [1.29, 1.82) is 0 Å². The highest BCUT2D eigenvalue weighted by molar-refractivity contribution is 5.82. The second-order valence-electron chi connectivity index (χ2n) is 8.12. The standard InChI is InChI=1S/C24H33N3O2/c1-18-15-21(28)16-19(2)22(18)17-23(25)24(29)27-13-11-26(12-14-27)10-6-9-20-7-4-3-5-8-20/h3-5,7-8,15-16,23,28H,6,9-14,17,25H2,1-2H3/t23-/m0/s1. The van der Waals surface area contributed by atoms with Crippen LogP contribution in [0.5, 0.6) is 5.75 Å². The van der Waals surface area contributed by atoms with Gasteiger partial charge in [-0.05, 0) is 74.0 Å². The molecule has 1 fully saturated rings. The lowest BCUT2D eigenvalue weighted by Crippen LogP contribution is -2.53. The largest absolute Gasteiger partial charge is 0.508 e. The van der Waals surface area contributed by atoms with Gasteiger partial charge in [0.25, 0.3) is 0 Å². The van der Waals surface area contributed by atoms with Gasteiger partial charge in [0.2, 0.25) is 5.91 Å². The van der Waals surface area contributed by atoms with E-state index in [9.17, 15) is 9.90 Å². The van der Waals surface area contributed by atoms with Gasteiger partial charge in [-0.25, -0.2) is 0 Å². The summed E-state index contributed by atoms with van der Waals surface area (Å²) in [6.07, 6.45) is 2.74. The number of aryl methyl sites for hydroxylation is 3. The van der Waals surface area contributed by atoms with Crippen molar-refractivity contribution in [3.8, 4) is 5.75 Å². The molecule has 3 rings (SSSR count). The molecule has 2 aromatic rings. The van der Waals surface area contributed by atoms with E-state index in [1.54, 1.807) is 12.1 Å². The predicted molar refractivity (Wildman–Crippen MR) is 117 cm³/mol. The number of carbonyl (C=O) groups excluding carboxylic acids is 1. The Balaban J connectivity index is 1.44. The first-order chi connectivity index (χ1) is 13.9. The van der Waals surface area contributed by atoms with Crippen LogP contribution in [-0.4, -0.2) is 59.6 Å². The summed E-state index contributed by atoms with van der Waals surface area (Å²) in [6.45, 7) is 8.27. The van der Waals surface area contributed by atoms with Crippen LogP contribution < -0.4 is 5.73 Å². The molecular formula is C24H33N3O2. The third kappa shape index (κ3) is 5.81. The van der Waals surface area contributed by atoms with Crippen LogP contribution in [0.2, 0.25) is 0 Å². The molecule has 1 aliphatic heterocycles. The number of piperazine rings is 1. The number of nitrogens with zero attached hydrogens (tertiary/aromatic N) is 2. The summed E-state index contributed by atoms with van der Waals surface area (Å²) in [5.74, 6) is 0.285. The third-order valence-corrected chi connectivity index (χ3v) is 5.89. The maximum atomic E-state index is 12.8. The maximum absolute atomic E-state index is 12.8. The van der Waals surface area contributed by atoms with E-state index >= 15 is 0 Å². The number of amides is 1. The number of hydrogen-bond acceptors (Lipinski definition) is 4. The Bertz CT molecular complexity index is 791. The summed E-state index contributed by atoms with van der Waals surface area (Å²) >= 11 is 0. The predicted octanol–water partition coefficient (Wildman–Crippen LogP) is 2.66. The second kappa shape index (κ2) is 9.90. The van der Waals surface area contributed by atoms with E-state index in [4.69, 9.17) is 5.73 Å². The van der Waals surface area contributed by atoms with Crippen LogP contribution in [0.3, 0.4) is 0 Å². The van der Waals surface area contributed by atoms with Crippen LogP contribution in [0, 0.1) is 13.8 Å². The highest BCUT2D eigenvalue weighted by Crippen LogP contribution is 2.22. The van der Waals surface area contributed by atoms with Crippen LogP contribution in [0.15, 0.2) is 42.5 Å². The average Bonchev–Trinajstić information content (AvgIpc) is 2.71. The van der Waals surface area contributed by atoms with E-state index in [-0.39, 0.29) is 11.7 Å². The zero-order chi connectivity index (χ0) is 20.8. The molecule has 1 heterocycles. The van der Waals surface area contributed by atoms with Crippen molar-refractivity contribution in [2.45, 2.75) is 39.2 Å². The van der Waals surface area contributed by atoms with Crippen molar-refractivity contribution in [3.05, 3.63) is 64.7 Å². The fourth-order valence-electron chi connectivity index (χ4n) is 4.18. The quantitative estimate of drug-likeness (QED) is 0.756. The molecular weight excluding hydrogens is 362 g/mol. The Morgan fingerprint density at radius 1 is 1.07 bits per heavy atom. The van der Waals surface area contributed by atoms with Gasteiger partial charge in [0.05, 0.1) is 6.04 Å². The van der Waals surface area contributed by atoms with Crippen molar-refractivity contribution in [3.63, 3.8) is 0 Å². The summed E-state index contributed by atoms with van der Waals surface area (Å²) in [4.78, 5) is 17.2. The smallest absolute Gasteiger partial charge is 0.239 e. The monoisotopic (exact) mass is 395 g/mol. The summed E-state index contributed by atoms with van der Waals surface area (Å²) in [5.41, 5.74) is 10.7. The third-order valence-electron chi connectivity index (χ3n) is 5.89. The molecule has 1 saturated heterocycles. The molecule has 0 aromatic heterocycles. The first-order valence-corrected chi connectivity index (χ1v) is 10.5. The van der Waals surface area contributed by atoms with Crippen LogP contribution in [0.4, 0.5) is 0 Å². The molecule has 5 nitrogen and oxygen atoms in total. The summed E-state index contributed by atoms with van der Waals surface area (Å²) in [6, 6.07) is 13.5. The number of carbonyl (C=O) groups is 1. The van der Waals surface area contributed by atoms with E-state index in [1.807, 2.05) is 18.7 Å². The number of rotatable bonds is 7. The zero-order valence-corrected chi connectivity index (χ0v) is 17.6. The second-order valence-corrected chi connectivity index (χ2v) is 8.12. The molecule has 1 aliphatic rings. The van der Waals surface area contributed by atoms with E-state index in [2.05, 4.69) is 35.2 Å². The molecule has 2 aromatic carbocycles. The number of nitrogens with two attached hydrogens (primary N) is 1. The van der Waals surface area contributed by atoms with Crippen molar-refractivity contribution in [2.75, 3.05) is 32.7 Å². The fourth-order valence-corrected chi connectivity index (χ4v) is 4.18. The molecule has 29 heavy (non-hydrogen) atoms. The molecule has 0 spiro atoms. The Morgan fingerprint density at radius 3 is 2.31 bits per heavy atom. The van der Waals surface area contributed by atoms with Crippen molar-refractivity contribution in [1.82, 2.24) is 9.80 Å². The van der Waals surface area contributed by atoms with Gasteiger partial charge in [0.15, 0.2) is 0 Å². The maximum Gasteiger partial charge on any atom is 0.239 e. The highest BCUT2D eigenvalue weighted by atomic mass is 16.3. The van der Waals surface area contributed by atoms with Gasteiger partial charge in [0, 0.05) is 26.2 Å². The molecule has 5 heteroatoms. The molecule has 0 saturated carbocycles. The van der Waals surface area contributed by atoms with E-state index in [0.29, 0.717) is 6.42 Å². The van der Waals surface area contributed by atoms with Crippen molar-refractivity contribution in [2.24, 2.45) is 5.73 Å². The molecule has 0 radical (unpaired) electrons. The van der Waals surface area contributed by atoms with E-state index < -0.39 is 6.04 Å². The Labute approximate surface area is 174 Å². The Hall–Kier alpha value is -2.37. The van der Waals surface area contributed by atoms with E-state index in [0.717, 1.165) is 62.3 Å². The van der Waals surface area contributed by atoms with Gasteiger partial charge in [-0.1, -0.05) is 30.3 Å². The normalized spacial score (nSPS) is 16.0. The first-order valence-electron chi connectivity index (χ1n) is 10.5. The molecule has 156 valence electrons. The lowest BCUT2D eigenvalue weighted by Gasteiger charge is -2.36. The number of phenols is 1. The minimum atomic E-state index is -0.540. The van der Waals surface area contributed by atoms with Gasteiger partial charge >= 0.3 is 0 Å². The number of benzene rings is 2. The first kappa shape index (κ1) is 21.3. The van der Waals surface area contributed by atoms with Crippen LogP contribution in [0.1, 0.15) is 28.7 Å². The van der Waals surface area contributed by atoms with Gasteiger partial charge in [-0.15, -0.1) is 0 Å². The lowest BCUT2D eigenvalue weighted by molar-refractivity contribution is -0.134. The Kier molecular flexibility index (Phi) is 7.29. The van der Waals surface area contributed by atoms with Crippen LogP contribution in [0.25, 0.3) is 0 Å². The molecule has 1 amide bonds. The summed E-state index contributed by atoms with van der Waals surface area (Å²) in [7, 11) is 0. The van der Waals surface area contributed by atoms with Gasteiger partial charge in [0.1, 0.15) is 5.75 Å². The van der Waals surface area contributed by atoms with Gasteiger partial charge < -0.3 is 15.7 Å². The fraction of sp³-hybridized carbons (Fsp3) is 0.458. The number of aromatic hydroxyl groups is 1. The number of phenolic OH excluding ortho intramolecular Hbond substituents is 1. The number of hydrogen-bond donors (Lipinski definition) is 2. The summed E-state index contributed by atoms with van der Waals surface area (Å²) < 4.78 is 0. The SMILES string of the molecule is Cc1cc(O)cc(C)c1C[C@H](N)C(=O)N1CCN(CCCc2ccccc2)CC1. The molecule has 0 aliphatic carbocycles. The van der Waals surface area contributed by atoms with Gasteiger partial charge in [-0.3, -0.25) is 9.69 Å². The average molecular weight is 396 g/mol. The van der Waals surface area contributed by atoms with Crippen molar-refractivity contribution < 1.29 is 9.90 Å². The van der Waals surface area contributed by atoms with Crippen molar-refractivity contribution >= 4 is 5.91 Å². The van der Waals surface area contributed by atoms with Crippen LogP contribution in [-0.2, 0) is 17.6 Å². The zero-order valence-electron chi connectivity index (χ0n) is 17.6. The summed E-state index contributed by atoms with van der Waals surface area (Å²) in [5, 5.41) is 9.71. The van der Waals surface area contributed by atoms with Gasteiger partial charge in [-0.2, -0.15) is 0 Å². The minimum absolute atomic E-state index is 0.0285. The Morgan fingerprint density at radius 2 is 1.69 bits per heavy atom. The van der Waals surface area contributed by atoms with Crippen LogP contribution >= 0.6 is 0 Å². The highest BCUT2D eigenvalue weighted by Gasteiger charge is 2.26. The van der Waals surface area contributed by atoms with E-state index in [1.165, 1.54) is 5.56 Å². The lowest BCUT2D eigenvalue weighted by atomic mass is 9.95. The molecule has 0 bridgehead atoms. The molecule has 3 N–H and O–H groups in total. The topological polar surface area (TPSA) is 69.8 Å². The molecule has 1 atom stereocenters.